The molecule has 0 fully saturated rings. The molecule has 0 radical (unpaired) electrons. The molecule has 0 aliphatic carbocycles. The molecule has 0 aliphatic heterocycles. The van der Waals surface area contributed by atoms with Gasteiger partial charge in [0, 0.05) is 4.88 Å². The molecule has 7 heteroatoms. The van der Waals surface area contributed by atoms with Gasteiger partial charge in [-0.3, -0.25) is 4.79 Å². The molecule has 0 unspecified atom stereocenters. The Bertz CT molecular complexity index is 1150. The number of ether oxygens (including phenoxy) is 1. The molecule has 0 spiro atoms. The topological polar surface area (TPSA) is 69.4 Å². The van der Waals surface area contributed by atoms with Crippen LogP contribution in [-0.2, 0) is 0 Å². The van der Waals surface area contributed by atoms with E-state index in [1.165, 1.54) is 11.3 Å². The standard InChI is InChI=1S/C19H14N4O2S/c1-25-15-9-5-6-13(10-15)12-20-23-19(24)16-11-17(26-18(16)21-22-23)14-7-3-2-4-8-14/h2-12H,1H3/b20-12-. The van der Waals surface area contributed by atoms with Crippen LogP contribution in [0.3, 0.4) is 0 Å². The maximum absolute atomic E-state index is 12.6. The number of nitrogens with zero attached hydrogens (tertiary/aromatic N) is 4. The molecule has 26 heavy (non-hydrogen) atoms. The van der Waals surface area contributed by atoms with E-state index in [0.29, 0.717) is 16.0 Å². The van der Waals surface area contributed by atoms with Gasteiger partial charge in [0.25, 0.3) is 5.56 Å². The molecule has 6 nitrogen and oxygen atoms in total. The number of fused-ring (bicyclic) bond motifs is 1. The molecule has 0 amide bonds. The summed E-state index contributed by atoms with van der Waals surface area (Å²) in [6.45, 7) is 0. The van der Waals surface area contributed by atoms with E-state index in [4.69, 9.17) is 4.74 Å². The second kappa shape index (κ2) is 6.89. The van der Waals surface area contributed by atoms with Crippen molar-refractivity contribution in [2.24, 2.45) is 5.10 Å². The highest BCUT2D eigenvalue weighted by Crippen LogP contribution is 2.30. The van der Waals surface area contributed by atoms with Gasteiger partial charge < -0.3 is 4.74 Å². The molecule has 0 atom stereocenters. The van der Waals surface area contributed by atoms with Crippen molar-refractivity contribution in [1.29, 1.82) is 0 Å². The van der Waals surface area contributed by atoms with Crippen LogP contribution in [0.5, 0.6) is 5.75 Å². The van der Waals surface area contributed by atoms with E-state index in [-0.39, 0.29) is 5.56 Å². The van der Waals surface area contributed by atoms with Crippen LogP contribution >= 0.6 is 11.3 Å². The molecule has 2 aromatic carbocycles. The first-order valence-corrected chi connectivity index (χ1v) is 8.69. The van der Waals surface area contributed by atoms with Crippen LogP contribution in [-0.4, -0.2) is 28.4 Å². The number of rotatable bonds is 4. The van der Waals surface area contributed by atoms with Crippen molar-refractivity contribution in [1.82, 2.24) is 15.1 Å². The van der Waals surface area contributed by atoms with E-state index >= 15 is 0 Å². The highest BCUT2D eigenvalue weighted by Gasteiger charge is 2.11. The van der Waals surface area contributed by atoms with E-state index in [1.54, 1.807) is 13.3 Å². The molecule has 0 N–H and O–H groups in total. The van der Waals surface area contributed by atoms with E-state index in [2.05, 4.69) is 15.4 Å². The smallest absolute Gasteiger partial charge is 0.300 e. The third-order valence-corrected chi connectivity index (χ3v) is 4.88. The first-order chi connectivity index (χ1) is 12.7. The number of methoxy groups -OCH3 is 1. The zero-order valence-corrected chi connectivity index (χ0v) is 14.7. The fraction of sp³-hybridized carbons (Fsp3) is 0.0526. The Morgan fingerprint density at radius 1 is 1.12 bits per heavy atom. The van der Waals surface area contributed by atoms with Crippen LogP contribution in [0.4, 0.5) is 0 Å². The Kier molecular flexibility index (Phi) is 4.28. The first-order valence-electron chi connectivity index (χ1n) is 7.88. The SMILES string of the molecule is COc1cccc(/C=N\n2nnc3sc(-c4ccccc4)cc3c2=O)c1. The molecular formula is C19H14N4O2S. The van der Waals surface area contributed by atoms with Crippen molar-refractivity contribution in [2.45, 2.75) is 0 Å². The van der Waals surface area contributed by atoms with Crippen molar-refractivity contribution in [3.8, 4) is 16.2 Å². The third-order valence-electron chi connectivity index (χ3n) is 3.81. The minimum atomic E-state index is -0.299. The van der Waals surface area contributed by atoms with Crippen LogP contribution in [0.1, 0.15) is 5.56 Å². The summed E-state index contributed by atoms with van der Waals surface area (Å²) in [6.07, 6.45) is 1.55. The summed E-state index contributed by atoms with van der Waals surface area (Å²) in [4.78, 5) is 15.2. The number of thiophene rings is 1. The van der Waals surface area contributed by atoms with E-state index < -0.39 is 0 Å². The zero-order valence-electron chi connectivity index (χ0n) is 13.9. The minimum Gasteiger partial charge on any atom is -0.497 e. The average Bonchev–Trinajstić information content (AvgIpc) is 3.14. The predicted octanol–water partition coefficient (Wildman–Crippen LogP) is 3.41. The van der Waals surface area contributed by atoms with Gasteiger partial charge in [0.2, 0.25) is 0 Å². The molecule has 4 aromatic rings. The molecule has 0 saturated carbocycles. The van der Waals surface area contributed by atoms with Crippen molar-refractivity contribution in [3.63, 3.8) is 0 Å². The fourth-order valence-corrected chi connectivity index (χ4v) is 3.48. The molecule has 2 heterocycles. The zero-order chi connectivity index (χ0) is 17.9. The maximum Gasteiger partial charge on any atom is 0.300 e. The van der Waals surface area contributed by atoms with Gasteiger partial charge in [0.05, 0.1) is 18.7 Å². The Hall–Kier alpha value is -3.32. The summed E-state index contributed by atoms with van der Waals surface area (Å²) < 4.78 is 5.18. The molecular weight excluding hydrogens is 348 g/mol. The molecule has 4 rings (SSSR count). The summed E-state index contributed by atoms with van der Waals surface area (Å²) >= 11 is 1.44. The van der Waals surface area contributed by atoms with Crippen LogP contribution in [0.2, 0.25) is 0 Å². The highest BCUT2D eigenvalue weighted by molar-refractivity contribution is 7.21. The summed E-state index contributed by atoms with van der Waals surface area (Å²) in [6, 6.07) is 19.1. The number of hydrogen-bond acceptors (Lipinski definition) is 6. The third kappa shape index (κ3) is 3.12. The fourth-order valence-electron chi connectivity index (χ4n) is 2.50. The number of hydrogen-bond donors (Lipinski definition) is 0. The van der Waals surface area contributed by atoms with Crippen LogP contribution in [0, 0.1) is 0 Å². The van der Waals surface area contributed by atoms with Gasteiger partial charge in [0.15, 0.2) is 4.83 Å². The maximum atomic E-state index is 12.6. The van der Waals surface area contributed by atoms with Gasteiger partial charge in [-0.1, -0.05) is 47.3 Å². The summed E-state index contributed by atoms with van der Waals surface area (Å²) in [5.41, 5.74) is 1.54. The van der Waals surface area contributed by atoms with Gasteiger partial charge in [-0.15, -0.1) is 16.4 Å². The molecule has 0 aliphatic rings. The summed E-state index contributed by atoms with van der Waals surface area (Å²) in [5, 5.41) is 12.7. The number of benzene rings is 2. The normalized spacial score (nSPS) is 11.3. The van der Waals surface area contributed by atoms with E-state index in [0.717, 1.165) is 20.8 Å². The lowest BCUT2D eigenvalue weighted by molar-refractivity contribution is 0.414. The van der Waals surface area contributed by atoms with Gasteiger partial charge in [-0.2, -0.15) is 5.10 Å². The lowest BCUT2D eigenvalue weighted by atomic mass is 10.2. The van der Waals surface area contributed by atoms with Crippen LogP contribution in [0.25, 0.3) is 20.7 Å². The monoisotopic (exact) mass is 362 g/mol. The van der Waals surface area contributed by atoms with Gasteiger partial charge >= 0.3 is 0 Å². The Morgan fingerprint density at radius 2 is 1.96 bits per heavy atom. The predicted molar refractivity (Wildman–Crippen MR) is 103 cm³/mol. The summed E-state index contributed by atoms with van der Waals surface area (Å²) in [7, 11) is 1.60. The molecule has 0 saturated heterocycles. The van der Waals surface area contributed by atoms with E-state index in [1.807, 2.05) is 60.7 Å². The van der Waals surface area contributed by atoms with Crippen molar-refractivity contribution >= 4 is 27.8 Å². The first kappa shape index (κ1) is 16.2. The summed E-state index contributed by atoms with van der Waals surface area (Å²) in [5.74, 6) is 0.716. The van der Waals surface area contributed by atoms with Crippen LogP contribution < -0.4 is 10.3 Å². The van der Waals surface area contributed by atoms with Crippen LogP contribution in [0.15, 0.2) is 70.6 Å². The lowest BCUT2D eigenvalue weighted by Gasteiger charge is -1.99. The second-order valence-corrected chi connectivity index (χ2v) is 6.53. The molecule has 0 bridgehead atoms. The largest absolute Gasteiger partial charge is 0.497 e. The second-order valence-electron chi connectivity index (χ2n) is 5.50. The number of aromatic nitrogens is 3. The Labute approximate surface area is 153 Å². The molecule has 2 aromatic heterocycles. The van der Waals surface area contributed by atoms with Gasteiger partial charge in [0.1, 0.15) is 5.75 Å². The van der Waals surface area contributed by atoms with Gasteiger partial charge in [-0.05, 0) is 34.5 Å². The van der Waals surface area contributed by atoms with E-state index in [9.17, 15) is 4.79 Å². The minimum absolute atomic E-state index is 0.299. The van der Waals surface area contributed by atoms with Crippen molar-refractivity contribution in [2.75, 3.05) is 7.11 Å². The Balaban J connectivity index is 1.71. The van der Waals surface area contributed by atoms with Gasteiger partial charge in [-0.25, -0.2) is 0 Å². The Morgan fingerprint density at radius 3 is 2.77 bits per heavy atom. The quantitative estimate of drug-likeness (QED) is 0.522. The lowest BCUT2D eigenvalue weighted by Crippen LogP contribution is -2.20. The van der Waals surface area contributed by atoms with Crippen molar-refractivity contribution in [3.05, 3.63) is 76.6 Å². The molecule has 128 valence electrons. The average molecular weight is 362 g/mol. The highest BCUT2D eigenvalue weighted by atomic mass is 32.1. The van der Waals surface area contributed by atoms with Crippen molar-refractivity contribution < 1.29 is 4.74 Å².